The monoisotopic (exact) mass is 530 g/mol. The molecule has 3 aromatic rings. The fourth-order valence-corrected chi connectivity index (χ4v) is 4.82. The zero-order chi connectivity index (χ0) is 27.5. The predicted octanol–water partition coefficient (Wildman–Crippen LogP) is 5.20. The van der Waals surface area contributed by atoms with Crippen molar-refractivity contribution in [3.05, 3.63) is 95.6 Å². The van der Waals surface area contributed by atoms with E-state index in [1.807, 2.05) is 12.1 Å². The van der Waals surface area contributed by atoms with E-state index in [1.54, 1.807) is 18.2 Å². The minimum atomic E-state index is -0.166. The number of rotatable bonds is 12. The Hall–Kier alpha value is -3.81. The summed E-state index contributed by atoms with van der Waals surface area (Å²) in [6.07, 6.45) is 6.16. The fraction of sp³-hybridized carbons (Fsp3) is 0.344. The van der Waals surface area contributed by atoms with Crippen molar-refractivity contribution in [2.45, 2.75) is 31.5 Å². The number of amides is 1. The molecule has 7 heteroatoms. The van der Waals surface area contributed by atoms with Gasteiger partial charge in [-0.1, -0.05) is 60.7 Å². The molecule has 0 aromatic heterocycles. The Morgan fingerprint density at radius 3 is 2.08 bits per heavy atom. The summed E-state index contributed by atoms with van der Waals surface area (Å²) >= 11 is 0. The molecule has 0 atom stereocenters. The molecule has 3 aromatic carbocycles. The molecule has 1 aliphatic heterocycles. The lowest BCUT2D eigenvalue weighted by molar-refractivity contribution is -0.116. The minimum absolute atomic E-state index is 0.0593. The zero-order valence-electron chi connectivity index (χ0n) is 22.7. The summed E-state index contributed by atoms with van der Waals surface area (Å²) in [6, 6.07) is 24.2. The van der Waals surface area contributed by atoms with E-state index in [2.05, 4.69) is 58.7 Å². The molecule has 0 radical (unpaired) electrons. The van der Waals surface area contributed by atoms with Gasteiger partial charge in [0.2, 0.25) is 11.7 Å². The first-order valence-corrected chi connectivity index (χ1v) is 13.5. The van der Waals surface area contributed by atoms with Crippen molar-refractivity contribution in [2.24, 2.45) is 0 Å². The van der Waals surface area contributed by atoms with Crippen LogP contribution in [0.1, 0.15) is 42.1 Å². The molecule has 0 saturated carbocycles. The smallest absolute Gasteiger partial charge is 0.243 e. The lowest BCUT2D eigenvalue weighted by Crippen LogP contribution is -2.39. The number of carbonyl (C=O) groups excluding carboxylic acids is 1. The normalized spacial score (nSPS) is 14.5. The van der Waals surface area contributed by atoms with Crippen LogP contribution in [0.5, 0.6) is 17.2 Å². The van der Waals surface area contributed by atoms with E-state index >= 15 is 0 Å². The Morgan fingerprint density at radius 2 is 1.54 bits per heavy atom. The van der Waals surface area contributed by atoms with Crippen LogP contribution >= 0.6 is 0 Å². The van der Waals surface area contributed by atoms with Gasteiger partial charge in [-0.3, -0.25) is 4.79 Å². The van der Waals surface area contributed by atoms with Gasteiger partial charge in [0.25, 0.3) is 0 Å². The van der Waals surface area contributed by atoms with Gasteiger partial charge in [-0.15, -0.1) is 0 Å². The number of nitrogens with one attached hydrogen (secondary N) is 1. The first kappa shape index (κ1) is 28.2. The number of methoxy groups -OCH3 is 2. The molecule has 206 valence electrons. The molecule has 1 aliphatic rings. The maximum absolute atomic E-state index is 12.3. The highest BCUT2D eigenvalue weighted by molar-refractivity contribution is 5.91. The van der Waals surface area contributed by atoms with Crippen LogP contribution in [-0.2, 0) is 9.53 Å². The maximum atomic E-state index is 12.3. The van der Waals surface area contributed by atoms with Crippen LogP contribution in [0.2, 0.25) is 0 Å². The van der Waals surface area contributed by atoms with E-state index in [1.165, 1.54) is 31.4 Å². The minimum Gasteiger partial charge on any atom is -0.502 e. The predicted molar refractivity (Wildman–Crippen MR) is 153 cm³/mol. The fourth-order valence-electron chi connectivity index (χ4n) is 4.82. The average molecular weight is 531 g/mol. The first-order valence-electron chi connectivity index (χ1n) is 13.5. The molecule has 0 bridgehead atoms. The van der Waals surface area contributed by atoms with Gasteiger partial charge in [-0.25, -0.2) is 0 Å². The quantitative estimate of drug-likeness (QED) is 0.248. The second-order valence-corrected chi connectivity index (χ2v) is 9.63. The first-order chi connectivity index (χ1) is 19.1. The van der Waals surface area contributed by atoms with Crippen molar-refractivity contribution in [2.75, 3.05) is 40.4 Å². The van der Waals surface area contributed by atoms with Gasteiger partial charge in [-0.05, 0) is 60.7 Å². The van der Waals surface area contributed by atoms with E-state index in [-0.39, 0.29) is 23.9 Å². The molecule has 0 spiro atoms. The zero-order valence-corrected chi connectivity index (χ0v) is 22.7. The van der Waals surface area contributed by atoms with Crippen molar-refractivity contribution in [1.29, 1.82) is 0 Å². The van der Waals surface area contributed by atoms with Gasteiger partial charge in [0.1, 0.15) is 6.10 Å². The largest absolute Gasteiger partial charge is 0.502 e. The summed E-state index contributed by atoms with van der Waals surface area (Å²) in [4.78, 5) is 14.7. The van der Waals surface area contributed by atoms with Crippen molar-refractivity contribution in [1.82, 2.24) is 10.2 Å². The Balaban J connectivity index is 1.19. The van der Waals surface area contributed by atoms with E-state index in [0.29, 0.717) is 23.6 Å². The number of aromatic hydroxyl groups is 1. The van der Waals surface area contributed by atoms with Crippen LogP contribution in [0.3, 0.4) is 0 Å². The summed E-state index contributed by atoms with van der Waals surface area (Å²) in [7, 11) is 2.94. The van der Waals surface area contributed by atoms with E-state index in [9.17, 15) is 9.90 Å². The highest BCUT2D eigenvalue weighted by Crippen LogP contribution is 2.37. The highest BCUT2D eigenvalue weighted by Gasteiger charge is 2.24. The van der Waals surface area contributed by atoms with Crippen LogP contribution in [0.15, 0.2) is 78.9 Å². The second-order valence-electron chi connectivity index (χ2n) is 9.63. The number of carbonyl (C=O) groups is 1. The highest BCUT2D eigenvalue weighted by atomic mass is 16.5. The Kier molecular flexibility index (Phi) is 10.4. The maximum Gasteiger partial charge on any atom is 0.243 e. The lowest BCUT2D eigenvalue weighted by atomic mass is 10.00. The third kappa shape index (κ3) is 8.09. The van der Waals surface area contributed by atoms with Crippen molar-refractivity contribution >= 4 is 12.0 Å². The third-order valence-electron chi connectivity index (χ3n) is 6.95. The van der Waals surface area contributed by atoms with Gasteiger partial charge in [-0.2, -0.15) is 0 Å². The molecule has 1 fully saturated rings. The molecule has 1 heterocycles. The number of piperidine rings is 1. The number of hydrogen-bond acceptors (Lipinski definition) is 6. The second kappa shape index (κ2) is 14.4. The Labute approximate surface area is 231 Å². The SMILES string of the molecule is COc1cc(C=CC(=O)NCCCN2CCC(OC(c3ccccc3)c3ccccc3)CC2)cc(OC)c1O. The number of hydrogen-bond donors (Lipinski definition) is 2. The molecule has 0 aliphatic carbocycles. The van der Waals surface area contributed by atoms with Crippen LogP contribution in [-0.4, -0.2) is 62.4 Å². The number of phenols is 1. The number of nitrogens with zero attached hydrogens (tertiary/aromatic N) is 1. The molecule has 1 saturated heterocycles. The van der Waals surface area contributed by atoms with E-state index in [0.717, 1.165) is 38.9 Å². The van der Waals surface area contributed by atoms with E-state index in [4.69, 9.17) is 14.2 Å². The van der Waals surface area contributed by atoms with Crippen LogP contribution < -0.4 is 14.8 Å². The molecule has 7 nitrogen and oxygen atoms in total. The van der Waals surface area contributed by atoms with Crippen LogP contribution in [0, 0.1) is 0 Å². The number of ether oxygens (including phenoxy) is 3. The van der Waals surface area contributed by atoms with Gasteiger partial charge in [0.05, 0.1) is 20.3 Å². The van der Waals surface area contributed by atoms with Crippen molar-refractivity contribution < 1.29 is 24.1 Å². The number of likely N-dealkylation sites (tertiary alicyclic amines) is 1. The summed E-state index contributed by atoms with van der Waals surface area (Å²) in [5.74, 6) is 0.351. The molecule has 39 heavy (non-hydrogen) atoms. The summed E-state index contributed by atoms with van der Waals surface area (Å²) < 4.78 is 17.0. The Bertz CT molecular complexity index is 1140. The topological polar surface area (TPSA) is 80.3 Å². The standard InChI is InChI=1S/C32H38N2O5/c1-37-28-22-24(23-29(38-2)31(28)36)14-15-30(35)33-18-9-19-34-20-16-27(17-21-34)39-32(25-10-5-3-6-11-25)26-12-7-4-8-13-26/h3-8,10-15,22-23,27,32,36H,9,16-21H2,1-2H3,(H,33,35). The summed E-state index contributed by atoms with van der Waals surface area (Å²) in [6.45, 7) is 3.51. The van der Waals surface area contributed by atoms with E-state index < -0.39 is 0 Å². The Morgan fingerprint density at radius 1 is 0.974 bits per heavy atom. The van der Waals surface area contributed by atoms with Crippen LogP contribution in [0.4, 0.5) is 0 Å². The molecular formula is C32H38N2O5. The van der Waals surface area contributed by atoms with Crippen LogP contribution in [0.25, 0.3) is 6.08 Å². The van der Waals surface area contributed by atoms with Gasteiger partial charge in [0, 0.05) is 25.7 Å². The summed E-state index contributed by atoms with van der Waals surface area (Å²) in [5.41, 5.74) is 3.06. The molecule has 2 N–H and O–H groups in total. The average Bonchev–Trinajstić information content (AvgIpc) is 2.99. The van der Waals surface area contributed by atoms with Crippen molar-refractivity contribution in [3.8, 4) is 17.2 Å². The van der Waals surface area contributed by atoms with Gasteiger partial charge in [0.15, 0.2) is 11.5 Å². The number of phenolic OH excluding ortho intramolecular Hbond substituents is 1. The molecular weight excluding hydrogens is 492 g/mol. The number of benzene rings is 3. The van der Waals surface area contributed by atoms with Gasteiger partial charge < -0.3 is 29.5 Å². The van der Waals surface area contributed by atoms with Gasteiger partial charge >= 0.3 is 0 Å². The third-order valence-corrected chi connectivity index (χ3v) is 6.95. The lowest BCUT2D eigenvalue weighted by Gasteiger charge is -2.34. The van der Waals surface area contributed by atoms with Crippen molar-refractivity contribution in [3.63, 3.8) is 0 Å². The summed E-state index contributed by atoms with van der Waals surface area (Å²) in [5, 5.41) is 13.0. The molecule has 1 amide bonds. The molecule has 4 rings (SSSR count). The molecule has 0 unspecified atom stereocenters.